The van der Waals surface area contributed by atoms with Gasteiger partial charge in [-0.1, -0.05) is 6.92 Å². The van der Waals surface area contributed by atoms with Gasteiger partial charge in [0.25, 0.3) is 0 Å². The minimum absolute atomic E-state index is 0.557. The lowest BCUT2D eigenvalue weighted by Crippen LogP contribution is -2.24. The van der Waals surface area contributed by atoms with Crippen molar-refractivity contribution in [3.63, 3.8) is 0 Å². The lowest BCUT2D eigenvalue weighted by atomic mass is 9.91. The van der Waals surface area contributed by atoms with Crippen LogP contribution in [-0.2, 0) is 4.79 Å². The van der Waals surface area contributed by atoms with Crippen molar-refractivity contribution >= 4 is 12.5 Å². The van der Waals surface area contributed by atoms with Gasteiger partial charge in [-0.05, 0) is 31.4 Å². The predicted molar refractivity (Wildman–Crippen MR) is 46.0 cm³/mol. The molecule has 0 saturated heterocycles. The molecule has 0 bridgehead atoms. The summed E-state index contributed by atoms with van der Waals surface area (Å²) >= 11 is 0. The van der Waals surface area contributed by atoms with Crippen LogP contribution in [0.15, 0.2) is 16.1 Å². The lowest BCUT2D eigenvalue weighted by Gasteiger charge is -2.16. The fraction of sp³-hybridized carbons (Fsp3) is 0.556. The van der Waals surface area contributed by atoms with E-state index in [4.69, 9.17) is 0 Å². The van der Waals surface area contributed by atoms with Crippen LogP contribution in [0.1, 0.15) is 27.2 Å². The molecular weight excluding hydrogens is 138 g/mol. The van der Waals surface area contributed by atoms with E-state index >= 15 is 0 Å². The highest BCUT2D eigenvalue weighted by molar-refractivity contribution is 5.90. The van der Waals surface area contributed by atoms with Crippen molar-refractivity contribution in [1.29, 1.82) is 0 Å². The van der Waals surface area contributed by atoms with Crippen LogP contribution < -0.4 is 0 Å². The summed E-state index contributed by atoms with van der Waals surface area (Å²) in [5, 5.41) is 0. The molecule has 0 spiro atoms. The number of hydrogen-bond acceptors (Lipinski definition) is 2. The monoisotopic (exact) mass is 151 g/mol. The summed E-state index contributed by atoms with van der Waals surface area (Å²) in [7, 11) is 0. The standard InChI is InChI=1S/C9H13NO/c1-4-8-7(2)5-10-9(8,3)6-11/h5-6H,4H2,1-3H3. The minimum Gasteiger partial charge on any atom is -0.300 e. The molecule has 60 valence electrons. The first-order valence-electron chi connectivity index (χ1n) is 3.86. The van der Waals surface area contributed by atoms with Gasteiger partial charge in [-0.2, -0.15) is 0 Å². The Balaban J connectivity index is 3.05. The van der Waals surface area contributed by atoms with Gasteiger partial charge >= 0.3 is 0 Å². The van der Waals surface area contributed by atoms with Gasteiger partial charge in [0.1, 0.15) is 5.54 Å². The zero-order valence-electron chi connectivity index (χ0n) is 7.22. The number of aliphatic imine (C=N–C) groups is 1. The van der Waals surface area contributed by atoms with Gasteiger partial charge in [0.15, 0.2) is 6.29 Å². The van der Waals surface area contributed by atoms with Crippen molar-refractivity contribution < 1.29 is 4.79 Å². The van der Waals surface area contributed by atoms with E-state index in [0.29, 0.717) is 0 Å². The van der Waals surface area contributed by atoms with E-state index < -0.39 is 5.54 Å². The molecule has 1 aliphatic heterocycles. The van der Waals surface area contributed by atoms with Crippen molar-refractivity contribution in [2.45, 2.75) is 32.7 Å². The molecular formula is C9H13NO. The third-order valence-corrected chi connectivity index (χ3v) is 2.20. The molecule has 1 aliphatic rings. The molecule has 0 saturated carbocycles. The van der Waals surface area contributed by atoms with Gasteiger partial charge in [-0.15, -0.1) is 0 Å². The van der Waals surface area contributed by atoms with Crippen molar-refractivity contribution in [2.24, 2.45) is 4.99 Å². The number of rotatable bonds is 2. The summed E-state index contributed by atoms with van der Waals surface area (Å²) in [5.41, 5.74) is 1.73. The number of allylic oxidation sites excluding steroid dienone is 1. The molecule has 1 heterocycles. The maximum atomic E-state index is 10.7. The van der Waals surface area contributed by atoms with E-state index in [1.807, 2.05) is 13.8 Å². The molecule has 1 unspecified atom stereocenters. The molecule has 1 rings (SSSR count). The molecule has 0 aliphatic carbocycles. The minimum atomic E-state index is -0.557. The SMILES string of the molecule is CCC1=C(C)C=NC1(C)C=O. The Morgan fingerprint density at radius 1 is 1.73 bits per heavy atom. The zero-order chi connectivity index (χ0) is 8.48. The van der Waals surface area contributed by atoms with Crippen LogP contribution in [0.2, 0.25) is 0 Å². The topological polar surface area (TPSA) is 29.4 Å². The number of carbonyl (C=O) groups is 1. The highest BCUT2D eigenvalue weighted by atomic mass is 16.1. The molecule has 0 aromatic heterocycles. The second-order valence-corrected chi connectivity index (χ2v) is 3.04. The fourth-order valence-electron chi connectivity index (χ4n) is 1.52. The number of carbonyl (C=O) groups excluding carboxylic acids is 1. The van der Waals surface area contributed by atoms with Crippen LogP contribution in [0.4, 0.5) is 0 Å². The lowest BCUT2D eigenvalue weighted by molar-refractivity contribution is -0.110. The Hall–Kier alpha value is -0.920. The smallest absolute Gasteiger partial charge is 0.151 e. The molecule has 0 radical (unpaired) electrons. The van der Waals surface area contributed by atoms with Crippen LogP contribution in [0.5, 0.6) is 0 Å². The quantitative estimate of drug-likeness (QED) is 0.553. The van der Waals surface area contributed by atoms with Gasteiger partial charge in [0.05, 0.1) is 0 Å². The maximum Gasteiger partial charge on any atom is 0.151 e. The predicted octanol–water partition coefficient (Wildman–Crippen LogP) is 1.75. The average molecular weight is 151 g/mol. The van der Waals surface area contributed by atoms with Crippen LogP contribution in [0.25, 0.3) is 0 Å². The molecule has 11 heavy (non-hydrogen) atoms. The van der Waals surface area contributed by atoms with E-state index in [2.05, 4.69) is 11.9 Å². The molecule has 0 N–H and O–H groups in total. The Morgan fingerprint density at radius 2 is 2.36 bits per heavy atom. The number of aldehydes is 1. The second kappa shape index (κ2) is 2.61. The van der Waals surface area contributed by atoms with Gasteiger partial charge in [0.2, 0.25) is 0 Å². The van der Waals surface area contributed by atoms with Crippen molar-refractivity contribution in [1.82, 2.24) is 0 Å². The van der Waals surface area contributed by atoms with E-state index in [9.17, 15) is 4.79 Å². The summed E-state index contributed by atoms with van der Waals surface area (Å²) in [6, 6.07) is 0. The second-order valence-electron chi connectivity index (χ2n) is 3.04. The first-order chi connectivity index (χ1) is 5.14. The van der Waals surface area contributed by atoms with Crippen LogP contribution in [0.3, 0.4) is 0 Å². The first-order valence-corrected chi connectivity index (χ1v) is 3.86. The summed E-state index contributed by atoms with van der Waals surface area (Å²) < 4.78 is 0. The van der Waals surface area contributed by atoms with Crippen LogP contribution >= 0.6 is 0 Å². The van der Waals surface area contributed by atoms with Gasteiger partial charge < -0.3 is 4.79 Å². The third kappa shape index (κ3) is 1.13. The first kappa shape index (κ1) is 8.18. The number of nitrogens with zero attached hydrogens (tertiary/aromatic N) is 1. The average Bonchev–Trinajstić information content (AvgIpc) is 2.29. The normalized spacial score (nSPS) is 29.7. The summed E-state index contributed by atoms with van der Waals surface area (Å²) in [4.78, 5) is 14.8. The summed E-state index contributed by atoms with van der Waals surface area (Å²) in [6.07, 6.45) is 3.60. The molecule has 2 heteroatoms. The Kier molecular flexibility index (Phi) is 1.94. The number of hydrogen-bond donors (Lipinski definition) is 0. The largest absolute Gasteiger partial charge is 0.300 e. The fourth-order valence-corrected chi connectivity index (χ4v) is 1.52. The third-order valence-electron chi connectivity index (χ3n) is 2.20. The summed E-state index contributed by atoms with van der Waals surface area (Å²) in [6.45, 7) is 5.90. The van der Waals surface area contributed by atoms with Gasteiger partial charge in [-0.3, -0.25) is 4.99 Å². The van der Waals surface area contributed by atoms with E-state index in [1.54, 1.807) is 6.21 Å². The highest BCUT2D eigenvalue weighted by Gasteiger charge is 2.30. The molecule has 0 aromatic rings. The zero-order valence-corrected chi connectivity index (χ0v) is 7.22. The summed E-state index contributed by atoms with van der Waals surface area (Å²) in [5.74, 6) is 0. The maximum absolute atomic E-state index is 10.7. The van der Waals surface area contributed by atoms with Crippen molar-refractivity contribution in [2.75, 3.05) is 0 Å². The Morgan fingerprint density at radius 3 is 2.73 bits per heavy atom. The molecule has 0 aromatic carbocycles. The van der Waals surface area contributed by atoms with Gasteiger partial charge in [0, 0.05) is 6.21 Å². The van der Waals surface area contributed by atoms with Crippen LogP contribution in [-0.4, -0.2) is 18.0 Å². The Bertz CT molecular complexity index is 240. The molecule has 0 amide bonds. The molecule has 1 atom stereocenters. The van der Waals surface area contributed by atoms with Crippen molar-refractivity contribution in [3.05, 3.63) is 11.1 Å². The van der Waals surface area contributed by atoms with Crippen LogP contribution in [0, 0.1) is 0 Å². The van der Waals surface area contributed by atoms with E-state index in [0.717, 1.165) is 23.9 Å². The van der Waals surface area contributed by atoms with E-state index in [1.165, 1.54) is 0 Å². The van der Waals surface area contributed by atoms with E-state index in [-0.39, 0.29) is 0 Å². The van der Waals surface area contributed by atoms with Gasteiger partial charge in [-0.25, -0.2) is 0 Å². The highest BCUT2D eigenvalue weighted by Crippen LogP contribution is 2.29. The Labute approximate surface area is 67.0 Å². The molecule has 0 fully saturated rings. The molecule has 2 nitrogen and oxygen atoms in total. The van der Waals surface area contributed by atoms with Crippen molar-refractivity contribution in [3.8, 4) is 0 Å².